The molecule has 1 aliphatic rings. The van der Waals surface area contributed by atoms with Crippen molar-refractivity contribution >= 4 is 16.5 Å². The summed E-state index contributed by atoms with van der Waals surface area (Å²) >= 11 is 1.28. The number of nitrogens with two attached hydrogens (primary N) is 1. The zero-order valence-electron chi connectivity index (χ0n) is 12.3. The van der Waals surface area contributed by atoms with Crippen molar-refractivity contribution in [3.63, 3.8) is 0 Å². The van der Waals surface area contributed by atoms with Crippen molar-refractivity contribution in [2.45, 2.75) is 52.0 Å². The molecule has 0 fully saturated rings. The average Bonchev–Trinajstić information content (AvgIpc) is 3.09. The van der Waals surface area contributed by atoms with E-state index >= 15 is 0 Å². The third kappa shape index (κ3) is 2.72. The van der Waals surface area contributed by atoms with Gasteiger partial charge in [-0.05, 0) is 37.3 Å². The highest BCUT2D eigenvalue weighted by atomic mass is 32.1. The van der Waals surface area contributed by atoms with Gasteiger partial charge >= 0.3 is 0 Å². The van der Waals surface area contributed by atoms with Gasteiger partial charge in [0, 0.05) is 12.2 Å². The lowest BCUT2D eigenvalue weighted by atomic mass is 10.1. The zero-order chi connectivity index (χ0) is 14.8. The molecule has 1 aliphatic carbocycles. The van der Waals surface area contributed by atoms with Crippen LogP contribution in [0.1, 0.15) is 43.9 Å². The third-order valence-electron chi connectivity index (χ3n) is 4.01. The molecule has 0 atom stereocenters. The molecule has 0 amide bonds. The molecule has 0 saturated carbocycles. The maximum Gasteiger partial charge on any atom is 0.261 e. The lowest BCUT2D eigenvalue weighted by Crippen LogP contribution is -2.25. The normalized spacial score (nSPS) is 13.6. The summed E-state index contributed by atoms with van der Waals surface area (Å²) in [5, 5.41) is 8.91. The van der Waals surface area contributed by atoms with E-state index in [9.17, 15) is 4.79 Å². The molecule has 0 bridgehead atoms. The number of pyridine rings is 1. The van der Waals surface area contributed by atoms with Crippen molar-refractivity contribution < 1.29 is 0 Å². The van der Waals surface area contributed by atoms with E-state index in [2.05, 4.69) is 17.1 Å². The van der Waals surface area contributed by atoms with Crippen LogP contribution >= 0.6 is 11.3 Å². The van der Waals surface area contributed by atoms with Crippen LogP contribution in [0.4, 0.5) is 5.13 Å². The number of rotatable bonds is 5. The van der Waals surface area contributed by atoms with Crippen LogP contribution < -0.4 is 11.3 Å². The van der Waals surface area contributed by atoms with Gasteiger partial charge in [-0.15, -0.1) is 10.2 Å². The molecule has 2 heterocycles. The van der Waals surface area contributed by atoms with Crippen LogP contribution in [0.3, 0.4) is 0 Å². The van der Waals surface area contributed by atoms with Gasteiger partial charge in [-0.3, -0.25) is 4.79 Å². The quantitative estimate of drug-likeness (QED) is 0.862. The lowest BCUT2D eigenvalue weighted by molar-refractivity contribution is 0.570. The van der Waals surface area contributed by atoms with Gasteiger partial charge in [0.05, 0.1) is 5.56 Å². The first-order valence-electron chi connectivity index (χ1n) is 7.55. The molecule has 2 aromatic rings. The van der Waals surface area contributed by atoms with Crippen molar-refractivity contribution in [1.82, 2.24) is 14.8 Å². The van der Waals surface area contributed by atoms with Crippen LogP contribution in [0.2, 0.25) is 0 Å². The molecule has 0 radical (unpaired) electrons. The molecule has 0 spiro atoms. The second-order valence-corrected chi connectivity index (χ2v) is 6.50. The van der Waals surface area contributed by atoms with Gasteiger partial charge < -0.3 is 10.3 Å². The Balaban J connectivity index is 2.06. The molecule has 21 heavy (non-hydrogen) atoms. The molecule has 2 aromatic heterocycles. The molecule has 3 rings (SSSR count). The standard InChI is InChI=1S/C15H20N4OS/c1-2-3-4-8-19-12-7-5-6-10(12)9-11(14(19)20)13-17-18-15(16)21-13/h9H,2-8H2,1H3,(H2,16,18). The van der Waals surface area contributed by atoms with Gasteiger partial charge in [-0.1, -0.05) is 31.1 Å². The monoisotopic (exact) mass is 304 g/mol. The number of nitrogen functional groups attached to an aromatic ring is 1. The number of anilines is 1. The maximum absolute atomic E-state index is 12.8. The first-order valence-corrected chi connectivity index (χ1v) is 8.37. The Kier molecular flexibility index (Phi) is 4.05. The van der Waals surface area contributed by atoms with Crippen LogP contribution in [0.15, 0.2) is 10.9 Å². The lowest BCUT2D eigenvalue weighted by Gasteiger charge is -2.13. The maximum atomic E-state index is 12.8. The van der Waals surface area contributed by atoms with E-state index in [-0.39, 0.29) is 5.56 Å². The summed E-state index contributed by atoms with van der Waals surface area (Å²) in [5.41, 5.74) is 8.87. The Morgan fingerprint density at radius 1 is 1.33 bits per heavy atom. The Bertz CT molecular complexity index is 704. The first kappa shape index (κ1) is 14.3. The van der Waals surface area contributed by atoms with Crippen LogP contribution in [0, 0.1) is 0 Å². The minimum absolute atomic E-state index is 0.0582. The minimum atomic E-state index is 0.0582. The van der Waals surface area contributed by atoms with Crippen molar-refractivity contribution in [3.8, 4) is 10.6 Å². The molecule has 0 saturated heterocycles. The summed E-state index contributed by atoms with van der Waals surface area (Å²) in [5.74, 6) is 0. The predicted octanol–water partition coefficient (Wildman–Crippen LogP) is 2.63. The van der Waals surface area contributed by atoms with Crippen molar-refractivity contribution in [2.75, 3.05) is 5.73 Å². The van der Waals surface area contributed by atoms with Gasteiger partial charge in [-0.25, -0.2) is 0 Å². The highest BCUT2D eigenvalue weighted by molar-refractivity contribution is 7.18. The van der Waals surface area contributed by atoms with Gasteiger partial charge in [0.15, 0.2) is 5.01 Å². The summed E-state index contributed by atoms with van der Waals surface area (Å²) < 4.78 is 1.96. The second kappa shape index (κ2) is 5.97. The number of hydrogen-bond acceptors (Lipinski definition) is 5. The van der Waals surface area contributed by atoms with E-state index in [4.69, 9.17) is 5.73 Å². The van der Waals surface area contributed by atoms with Crippen LogP contribution in [0.25, 0.3) is 10.6 Å². The largest absolute Gasteiger partial charge is 0.374 e. The van der Waals surface area contributed by atoms with Crippen molar-refractivity contribution in [3.05, 3.63) is 27.7 Å². The number of aromatic nitrogens is 3. The fourth-order valence-electron chi connectivity index (χ4n) is 2.97. The van der Waals surface area contributed by atoms with Crippen LogP contribution in [0.5, 0.6) is 0 Å². The molecule has 0 aromatic carbocycles. The topological polar surface area (TPSA) is 73.8 Å². The highest BCUT2D eigenvalue weighted by Crippen LogP contribution is 2.28. The molecule has 2 N–H and O–H groups in total. The van der Waals surface area contributed by atoms with Crippen LogP contribution in [-0.2, 0) is 19.4 Å². The highest BCUT2D eigenvalue weighted by Gasteiger charge is 2.21. The fraction of sp³-hybridized carbons (Fsp3) is 0.533. The summed E-state index contributed by atoms with van der Waals surface area (Å²) in [4.78, 5) is 12.8. The van der Waals surface area contributed by atoms with Crippen LogP contribution in [-0.4, -0.2) is 14.8 Å². The SMILES string of the molecule is CCCCCn1c2c(cc(-c3nnc(N)s3)c1=O)CCC2. The molecule has 0 unspecified atom stereocenters. The van der Waals surface area contributed by atoms with E-state index < -0.39 is 0 Å². The smallest absolute Gasteiger partial charge is 0.261 e. The van der Waals surface area contributed by atoms with Crippen molar-refractivity contribution in [2.24, 2.45) is 0 Å². The van der Waals surface area contributed by atoms with Gasteiger partial charge in [0.2, 0.25) is 5.13 Å². The summed E-state index contributed by atoms with van der Waals surface area (Å²) in [6.45, 7) is 2.98. The number of hydrogen-bond donors (Lipinski definition) is 1. The minimum Gasteiger partial charge on any atom is -0.374 e. The molecule has 0 aliphatic heterocycles. The van der Waals surface area contributed by atoms with E-state index in [0.29, 0.717) is 15.7 Å². The Morgan fingerprint density at radius 3 is 2.90 bits per heavy atom. The molecular formula is C15H20N4OS. The number of unbranched alkanes of at least 4 members (excludes halogenated alkanes) is 2. The van der Waals surface area contributed by atoms with Gasteiger partial charge in [-0.2, -0.15) is 0 Å². The molecule has 5 nitrogen and oxygen atoms in total. The number of aryl methyl sites for hydroxylation is 1. The predicted molar refractivity (Wildman–Crippen MR) is 85.6 cm³/mol. The van der Waals surface area contributed by atoms with Gasteiger partial charge in [0.1, 0.15) is 0 Å². The van der Waals surface area contributed by atoms with E-state index in [1.807, 2.05) is 10.6 Å². The number of nitrogens with zero attached hydrogens (tertiary/aromatic N) is 3. The third-order valence-corrected chi connectivity index (χ3v) is 4.79. The zero-order valence-corrected chi connectivity index (χ0v) is 13.1. The Morgan fingerprint density at radius 2 is 2.19 bits per heavy atom. The molecular weight excluding hydrogens is 284 g/mol. The summed E-state index contributed by atoms with van der Waals surface area (Å²) in [6, 6.07) is 2.00. The van der Waals surface area contributed by atoms with Crippen molar-refractivity contribution in [1.29, 1.82) is 0 Å². The van der Waals surface area contributed by atoms with E-state index in [0.717, 1.165) is 45.1 Å². The van der Waals surface area contributed by atoms with Gasteiger partial charge in [0.25, 0.3) is 5.56 Å². The summed E-state index contributed by atoms with van der Waals surface area (Å²) in [6.07, 6.45) is 6.54. The van der Waals surface area contributed by atoms with E-state index in [1.54, 1.807) is 0 Å². The fourth-order valence-corrected chi connectivity index (χ4v) is 3.59. The molecule has 6 heteroatoms. The Hall–Kier alpha value is -1.69. The molecule has 112 valence electrons. The Labute approximate surface area is 127 Å². The average molecular weight is 304 g/mol. The van der Waals surface area contributed by atoms with E-state index in [1.165, 1.54) is 22.6 Å². The summed E-state index contributed by atoms with van der Waals surface area (Å²) in [7, 11) is 0. The second-order valence-electron chi connectivity index (χ2n) is 5.49. The first-order chi connectivity index (χ1) is 10.2. The number of fused-ring (bicyclic) bond motifs is 1.